The fourth-order valence-corrected chi connectivity index (χ4v) is 3.33. The molecule has 0 aliphatic carbocycles. The average Bonchev–Trinajstić information content (AvgIpc) is 3.07. The molecule has 3 aromatic rings. The predicted octanol–water partition coefficient (Wildman–Crippen LogP) is 3.79. The lowest BCUT2D eigenvalue weighted by molar-refractivity contribution is 0.415. The first kappa shape index (κ1) is 14.4. The van der Waals surface area contributed by atoms with Crippen LogP contribution in [0.25, 0.3) is 11.0 Å². The zero-order valence-electron chi connectivity index (χ0n) is 12.0. The highest BCUT2D eigenvalue weighted by Gasteiger charge is 2.11. The van der Waals surface area contributed by atoms with Crippen molar-refractivity contribution in [1.82, 2.24) is 14.5 Å². The number of aromatic nitrogens is 3. The van der Waals surface area contributed by atoms with E-state index in [0.717, 1.165) is 46.3 Å². The van der Waals surface area contributed by atoms with Crippen molar-refractivity contribution in [2.24, 2.45) is 0 Å². The van der Waals surface area contributed by atoms with Gasteiger partial charge in [0.15, 0.2) is 0 Å². The number of methoxy groups -OCH3 is 1. The Labute approximate surface area is 132 Å². The zero-order chi connectivity index (χ0) is 14.8. The van der Waals surface area contributed by atoms with Gasteiger partial charge in [-0.3, -0.25) is 0 Å². The lowest BCUT2D eigenvalue weighted by Gasteiger charge is -2.06. The Balaban J connectivity index is 1.92. The molecular weight excluding hydrogens is 306 g/mol. The first-order chi connectivity index (χ1) is 10.2. The summed E-state index contributed by atoms with van der Waals surface area (Å²) >= 11 is 7.73. The second kappa shape index (κ2) is 6.03. The van der Waals surface area contributed by atoms with Crippen molar-refractivity contribution in [3.8, 4) is 5.75 Å². The van der Waals surface area contributed by atoms with Crippen LogP contribution in [-0.2, 0) is 18.8 Å². The van der Waals surface area contributed by atoms with E-state index < -0.39 is 0 Å². The molecule has 0 saturated heterocycles. The summed E-state index contributed by atoms with van der Waals surface area (Å²) in [6, 6.07) is 5.92. The van der Waals surface area contributed by atoms with Gasteiger partial charge in [-0.1, -0.05) is 0 Å². The highest BCUT2D eigenvalue weighted by Crippen LogP contribution is 2.23. The van der Waals surface area contributed by atoms with Gasteiger partial charge in [0.05, 0.1) is 29.0 Å². The molecule has 0 spiro atoms. The number of aryl methyl sites for hydroxylation is 3. The van der Waals surface area contributed by atoms with E-state index in [-0.39, 0.29) is 0 Å². The number of benzene rings is 1. The summed E-state index contributed by atoms with van der Waals surface area (Å²) < 4.78 is 7.41. The summed E-state index contributed by atoms with van der Waals surface area (Å²) in [5.41, 5.74) is 3.08. The van der Waals surface area contributed by atoms with Crippen LogP contribution in [-0.4, -0.2) is 21.6 Å². The third-order valence-corrected chi connectivity index (χ3v) is 4.64. The van der Waals surface area contributed by atoms with E-state index in [1.807, 2.05) is 25.1 Å². The van der Waals surface area contributed by atoms with Crippen molar-refractivity contribution >= 4 is 34.0 Å². The number of ether oxygens (including phenoxy) is 1. The van der Waals surface area contributed by atoms with E-state index in [1.54, 1.807) is 18.4 Å². The first-order valence-corrected chi connectivity index (χ1v) is 8.13. The standard InChI is InChI=1S/C15H16ClN3OS/c1-10-9-21-15(17-10)5-6-19-13-4-3-11(20-2)7-12(13)18-14(19)8-16/h3-4,7,9H,5-6,8H2,1-2H3. The molecule has 0 atom stereocenters. The second-order valence-electron chi connectivity index (χ2n) is 4.80. The number of halogens is 1. The van der Waals surface area contributed by atoms with E-state index in [0.29, 0.717) is 5.88 Å². The number of alkyl halides is 1. The molecule has 0 saturated carbocycles. The lowest BCUT2D eigenvalue weighted by atomic mass is 10.3. The predicted molar refractivity (Wildman–Crippen MR) is 86.4 cm³/mol. The quantitative estimate of drug-likeness (QED) is 0.671. The number of nitrogens with zero attached hydrogens (tertiary/aromatic N) is 3. The molecule has 0 unspecified atom stereocenters. The van der Waals surface area contributed by atoms with E-state index in [9.17, 15) is 0 Å². The third kappa shape index (κ3) is 2.89. The van der Waals surface area contributed by atoms with Crippen LogP contribution >= 0.6 is 22.9 Å². The number of thiazole rings is 1. The van der Waals surface area contributed by atoms with Crippen LogP contribution in [0.15, 0.2) is 23.6 Å². The van der Waals surface area contributed by atoms with Crippen LogP contribution in [0.4, 0.5) is 0 Å². The first-order valence-electron chi connectivity index (χ1n) is 6.71. The number of imidazole rings is 1. The van der Waals surface area contributed by atoms with E-state index in [1.165, 1.54) is 0 Å². The van der Waals surface area contributed by atoms with Crippen molar-refractivity contribution in [2.75, 3.05) is 7.11 Å². The number of hydrogen-bond acceptors (Lipinski definition) is 4. The fraction of sp³-hybridized carbons (Fsp3) is 0.333. The molecule has 0 radical (unpaired) electrons. The Morgan fingerprint density at radius 1 is 1.33 bits per heavy atom. The highest BCUT2D eigenvalue weighted by atomic mass is 35.5. The van der Waals surface area contributed by atoms with Gasteiger partial charge < -0.3 is 9.30 Å². The topological polar surface area (TPSA) is 39.9 Å². The normalized spacial score (nSPS) is 11.2. The van der Waals surface area contributed by atoms with Gasteiger partial charge in [0, 0.05) is 30.1 Å². The van der Waals surface area contributed by atoms with E-state index in [2.05, 4.69) is 19.9 Å². The van der Waals surface area contributed by atoms with Gasteiger partial charge in [0.2, 0.25) is 0 Å². The smallest absolute Gasteiger partial charge is 0.124 e. The molecule has 2 heterocycles. The SMILES string of the molecule is COc1ccc2c(c1)nc(CCl)n2CCc1nc(C)cs1. The van der Waals surface area contributed by atoms with Crippen molar-refractivity contribution in [1.29, 1.82) is 0 Å². The Kier molecular flexibility index (Phi) is 4.12. The molecule has 0 amide bonds. The summed E-state index contributed by atoms with van der Waals surface area (Å²) in [6.45, 7) is 2.85. The van der Waals surface area contributed by atoms with Crippen LogP contribution in [0.5, 0.6) is 5.75 Å². The van der Waals surface area contributed by atoms with Gasteiger partial charge in [-0.2, -0.15) is 0 Å². The number of fused-ring (bicyclic) bond motifs is 1. The minimum absolute atomic E-state index is 0.397. The molecule has 1 aromatic carbocycles. The van der Waals surface area contributed by atoms with Crippen molar-refractivity contribution in [3.63, 3.8) is 0 Å². The second-order valence-corrected chi connectivity index (χ2v) is 6.01. The number of rotatable bonds is 5. The highest BCUT2D eigenvalue weighted by molar-refractivity contribution is 7.09. The fourth-order valence-electron chi connectivity index (χ4n) is 2.36. The minimum Gasteiger partial charge on any atom is -0.497 e. The molecule has 0 aliphatic rings. The Hall–Kier alpha value is -1.59. The summed E-state index contributed by atoms with van der Waals surface area (Å²) in [4.78, 5) is 9.10. The van der Waals surface area contributed by atoms with E-state index >= 15 is 0 Å². The third-order valence-electron chi connectivity index (χ3n) is 3.37. The zero-order valence-corrected chi connectivity index (χ0v) is 13.5. The lowest BCUT2D eigenvalue weighted by Crippen LogP contribution is -2.05. The molecule has 0 fully saturated rings. The van der Waals surface area contributed by atoms with Crippen LogP contribution in [0.2, 0.25) is 0 Å². The maximum absolute atomic E-state index is 6.04. The molecule has 3 rings (SSSR count). The van der Waals surface area contributed by atoms with Crippen molar-refractivity contribution in [2.45, 2.75) is 25.8 Å². The van der Waals surface area contributed by atoms with Gasteiger partial charge in [-0.25, -0.2) is 9.97 Å². The van der Waals surface area contributed by atoms with Crippen molar-refractivity contribution < 1.29 is 4.74 Å². The Bertz CT molecular complexity index is 765. The summed E-state index contributed by atoms with van der Waals surface area (Å²) in [6.07, 6.45) is 0.889. The van der Waals surface area contributed by atoms with Gasteiger partial charge in [0.25, 0.3) is 0 Å². The van der Waals surface area contributed by atoms with Gasteiger partial charge in [-0.15, -0.1) is 22.9 Å². The molecule has 21 heavy (non-hydrogen) atoms. The minimum atomic E-state index is 0.397. The molecule has 0 bridgehead atoms. The average molecular weight is 322 g/mol. The maximum atomic E-state index is 6.04. The maximum Gasteiger partial charge on any atom is 0.124 e. The van der Waals surface area contributed by atoms with Gasteiger partial charge in [0.1, 0.15) is 11.6 Å². The molecular formula is C15H16ClN3OS. The van der Waals surface area contributed by atoms with E-state index in [4.69, 9.17) is 16.3 Å². The van der Waals surface area contributed by atoms with Crippen LogP contribution in [0.3, 0.4) is 0 Å². The summed E-state index contributed by atoms with van der Waals surface area (Å²) in [5, 5.41) is 3.22. The molecule has 0 aliphatic heterocycles. The molecule has 0 N–H and O–H groups in total. The van der Waals surface area contributed by atoms with Gasteiger partial charge in [-0.05, 0) is 19.1 Å². The molecule has 4 nitrogen and oxygen atoms in total. The monoisotopic (exact) mass is 321 g/mol. The molecule has 110 valence electrons. The Morgan fingerprint density at radius 3 is 2.86 bits per heavy atom. The van der Waals surface area contributed by atoms with Crippen LogP contribution < -0.4 is 4.74 Å². The van der Waals surface area contributed by atoms with Crippen LogP contribution in [0.1, 0.15) is 16.5 Å². The largest absolute Gasteiger partial charge is 0.497 e. The van der Waals surface area contributed by atoms with Crippen molar-refractivity contribution in [3.05, 3.63) is 40.1 Å². The molecule has 2 aromatic heterocycles. The molecule has 6 heteroatoms. The summed E-state index contributed by atoms with van der Waals surface area (Å²) in [7, 11) is 1.66. The van der Waals surface area contributed by atoms with Gasteiger partial charge >= 0.3 is 0 Å². The summed E-state index contributed by atoms with van der Waals surface area (Å²) in [5.74, 6) is 2.09. The van der Waals surface area contributed by atoms with Crippen LogP contribution in [0, 0.1) is 6.92 Å². The Morgan fingerprint density at radius 2 is 2.19 bits per heavy atom. The number of hydrogen-bond donors (Lipinski definition) is 0.